The van der Waals surface area contributed by atoms with Crippen molar-refractivity contribution >= 4 is 34.3 Å². The molecule has 2 N–H and O–H groups in total. The van der Waals surface area contributed by atoms with Gasteiger partial charge in [0, 0.05) is 22.5 Å². The van der Waals surface area contributed by atoms with E-state index in [1.165, 1.54) is 11.3 Å². The average molecular weight is 382 g/mol. The van der Waals surface area contributed by atoms with Crippen LogP contribution in [0, 0.1) is 5.41 Å². The van der Waals surface area contributed by atoms with Gasteiger partial charge in [-0.15, -0.1) is 11.3 Å². The molecule has 6 heteroatoms. The highest BCUT2D eigenvalue weighted by Crippen LogP contribution is 2.34. The van der Waals surface area contributed by atoms with Gasteiger partial charge < -0.3 is 10.0 Å². The summed E-state index contributed by atoms with van der Waals surface area (Å²) in [5.41, 5.74) is 3.21. The molecule has 0 amide bonds. The smallest absolute Gasteiger partial charge is 0.135 e. The SMILES string of the molecule is N=C1C(c2nc(-c3ccccc3Cl)cs2)=C(O)CN1Cc1ccccc1. The Balaban J connectivity index is 1.59. The molecule has 0 saturated heterocycles. The summed E-state index contributed by atoms with van der Waals surface area (Å²) in [7, 11) is 0. The zero-order valence-electron chi connectivity index (χ0n) is 13.8. The molecule has 26 heavy (non-hydrogen) atoms. The molecule has 4 rings (SSSR count). The largest absolute Gasteiger partial charge is 0.510 e. The quantitative estimate of drug-likeness (QED) is 0.650. The number of nitrogens with zero attached hydrogens (tertiary/aromatic N) is 2. The van der Waals surface area contributed by atoms with Crippen molar-refractivity contribution in [3.05, 3.63) is 81.3 Å². The fourth-order valence-electron chi connectivity index (χ4n) is 2.98. The summed E-state index contributed by atoms with van der Waals surface area (Å²) in [6.07, 6.45) is 0. The van der Waals surface area contributed by atoms with Crippen LogP contribution in [-0.4, -0.2) is 27.4 Å². The summed E-state index contributed by atoms with van der Waals surface area (Å²) in [6.45, 7) is 0.903. The Morgan fingerprint density at radius 3 is 2.62 bits per heavy atom. The first-order chi connectivity index (χ1) is 12.6. The number of aliphatic hydroxyl groups is 1. The number of hydrogen-bond donors (Lipinski definition) is 2. The molecule has 0 unspecified atom stereocenters. The second-order valence-electron chi connectivity index (χ2n) is 6.03. The van der Waals surface area contributed by atoms with Crippen molar-refractivity contribution in [2.75, 3.05) is 6.54 Å². The fraction of sp³-hybridized carbons (Fsp3) is 0.100. The normalized spacial score (nSPS) is 14.3. The lowest BCUT2D eigenvalue weighted by atomic mass is 10.2. The maximum atomic E-state index is 10.4. The third kappa shape index (κ3) is 3.11. The van der Waals surface area contributed by atoms with Crippen LogP contribution in [0.25, 0.3) is 16.8 Å². The Kier molecular flexibility index (Phi) is 4.49. The van der Waals surface area contributed by atoms with Crippen molar-refractivity contribution in [3.8, 4) is 11.3 Å². The molecule has 3 aromatic rings. The van der Waals surface area contributed by atoms with E-state index in [4.69, 9.17) is 17.0 Å². The van der Waals surface area contributed by atoms with Crippen LogP contribution in [-0.2, 0) is 6.54 Å². The number of rotatable bonds is 4. The number of halogens is 1. The van der Waals surface area contributed by atoms with Crippen molar-refractivity contribution < 1.29 is 5.11 Å². The number of amidine groups is 1. The third-order valence-corrected chi connectivity index (χ3v) is 5.46. The molecule has 0 atom stereocenters. The first-order valence-corrected chi connectivity index (χ1v) is 9.40. The van der Waals surface area contributed by atoms with Crippen LogP contribution in [0.15, 0.2) is 65.7 Å². The van der Waals surface area contributed by atoms with E-state index < -0.39 is 0 Å². The molecule has 4 nitrogen and oxygen atoms in total. The summed E-state index contributed by atoms with van der Waals surface area (Å²) < 4.78 is 0. The Morgan fingerprint density at radius 1 is 1.12 bits per heavy atom. The van der Waals surface area contributed by atoms with Crippen LogP contribution in [0.1, 0.15) is 10.6 Å². The van der Waals surface area contributed by atoms with Crippen LogP contribution in [0.5, 0.6) is 0 Å². The monoisotopic (exact) mass is 381 g/mol. The van der Waals surface area contributed by atoms with Gasteiger partial charge in [-0.25, -0.2) is 4.98 Å². The lowest BCUT2D eigenvalue weighted by Gasteiger charge is -2.18. The van der Waals surface area contributed by atoms with Crippen molar-refractivity contribution in [2.45, 2.75) is 6.54 Å². The summed E-state index contributed by atoms with van der Waals surface area (Å²) in [5.74, 6) is 0.484. The van der Waals surface area contributed by atoms with E-state index in [1.54, 1.807) is 0 Å². The molecule has 1 aliphatic rings. The van der Waals surface area contributed by atoms with Crippen LogP contribution in [0.2, 0.25) is 5.02 Å². The van der Waals surface area contributed by atoms with Crippen molar-refractivity contribution in [1.29, 1.82) is 5.41 Å². The zero-order valence-corrected chi connectivity index (χ0v) is 15.4. The predicted molar refractivity (Wildman–Crippen MR) is 107 cm³/mol. The summed E-state index contributed by atoms with van der Waals surface area (Å²) in [5, 5.41) is 22.1. The second kappa shape index (κ2) is 6.94. The molecule has 1 aliphatic heterocycles. The average Bonchev–Trinajstić information content (AvgIpc) is 3.21. The fourth-order valence-corrected chi connectivity index (χ4v) is 4.10. The van der Waals surface area contributed by atoms with Gasteiger partial charge in [-0.1, -0.05) is 60.1 Å². The number of aromatic nitrogens is 1. The minimum Gasteiger partial charge on any atom is -0.510 e. The predicted octanol–water partition coefficient (Wildman–Crippen LogP) is 5.23. The van der Waals surface area contributed by atoms with Gasteiger partial charge >= 0.3 is 0 Å². The van der Waals surface area contributed by atoms with E-state index in [0.717, 1.165) is 16.8 Å². The lowest BCUT2D eigenvalue weighted by Crippen LogP contribution is -2.25. The molecule has 2 heterocycles. The van der Waals surface area contributed by atoms with Gasteiger partial charge in [0.05, 0.1) is 17.8 Å². The highest BCUT2D eigenvalue weighted by atomic mass is 35.5. The summed E-state index contributed by atoms with van der Waals surface area (Å²) >= 11 is 7.66. The van der Waals surface area contributed by atoms with Crippen molar-refractivity contribution in [2.24, 2.45) is 0 Å². The maximum absolute atomic E-state index is 10.4. The topological polar surface area (TPSA) is 60.2 Å². The molecule has 130 valence electrons. The molecule has 0 bridgehead atoms. The number of nitrogens with one attached hydrogen (secondary N) is 1. The first kappa shape index (κ1) is 16.8. The molecule has 0 spiro atoms. The van der Waals surface area contributed by atoms with E-state index in [1.807, 2.05) is 64.9 Å². The van der Waals surface area contributed by atoms with Crippen molar-refractivity contribution in [3.63, 3.8) is 0 Å². The first-order valence-electron chi connectivity index (χ1n) is 8.14. The van der Waals surface area contributed by atoms with Crippen LogP contribution < -0.4 is 0 Å². The minimum absolute atomic E-state index is 0.186. The maximum Gasteiger partial charge on any atom is 0.135 e. The van der Waals surface area contributed by atoms with Gasteiger partial charge in [0.1, 0.15) is 16.6 Å². The molecule has 1 aromatic heterocycles. The van der Waals surface area contributed by atoms with Crippen LogP contribution in [0.3, 0.4) is 0 Å². The van der Waals surface area contributed by atoms with Gasteiger partial charge in [0.2, 0.25) is 0 Å². The Bertz CT molecular complexity index is 997. The Labute approximate surface area is 160 Å². The van der Waals surface area contributed by atoms with E-state index in [9.17, 15) is 5.11 Å². The van der Waals surface area contributed by atoms with E-state index in [0.29, 0.717) is 34.5 Å². The van der Waals surface area contributed by atoms with Crippen LogP contribution in [0.4, 0.5) is 0 Å². The van der Waals surface area contributed by atoms with E-state index in [-0.39, 0.29) is 5.76 Å². The van der Waals surface area contributed by atoms with Gasteiger partial charge in [0.15, 0.2) is 0 Å². The number of aliphatic hydroxyl groups excluding tert-OH is 1. The highest BCUT2D eigenvalue weighted by Gasteiger charge is 2.30. The van der Waals surface area contributed by atoms with E-state index in [2.05, 4.69) is 4.98 Å². The molecule has 0 fully saturated rings. The van der Waals surface area contributed by atoms with E-state index >= 15 is 0 Å². The van der Waals surface area contributed by atoms with Gasteiger partial charge in [-0.3, -0.25) is 5.41 Å². The molecule has 2 aromatic carbocycles. The molecular formula is C20H16ClN3OS. The highest BCUT2D eigenvalue weighted by molar-refractivity contribution is 7.11. The summed E-state index contributed by atoms with van der Waals surface area (Å²) in [6, 6.07) is 17.5. The minimum atomic E-state index is 0.186. The molecule has 0 saturated carbocycles. The van der Waals surface area contributed by atoms with Gasteiger partial charge in [0.25, 0.3) is 0 Å². The Hall–Kier alpha value is -2.63. The molecule has 0 aliphatic carbocycles. The Morgan fingerprint density at radius 2 is 1.85 bits per heavy atom. The molecular weight excluding hydrogens is 366 g/mol. The lowest BCUT2D eigenvalue weighted by molar-refractivity contribution is 0.347. The number of thiazole rings is 1. The second-order valence-corrected chi connectivity index (χ2v) is 7.30. The third-order valence-electron chi connectivity index (χ3n) is 4.27. The number of benzene rings is 2. The van der Waals surface area contributed by atoms with Crippen molar-refractivity contribution in [1.82, 2.24) is 9.88 Å². The zero-order chi connectivity index (χ0) is 18.1. The standard InChI is InChI=1S/C20H16ClN3OS/c21-15-9-5-4-8-14(15)16-12-26-20(23-16)18-17(25)11-24(19(18)22)10-13-6-2-1-3-7-13/h1-9,12,22,25H,10-11H2. The summed E-state index contributed by atoms with van der Waals surface area (Å²) in [4.78, 5) is 6.46. The number of hydrogen-bond acceptors (Lipinski definition) is 4. The van der Waals surface area contributed by atoms with Crippen LogP contribution >= 0.6 is 22.9 Å². The van der Waals surface area contributed by atoms with Gasteiger partial charge in [-0.05, 0) is 11.6 Å². The van der Waals surface area contributed by atoms with Gasteiger partial charge in [-0.2, -0.15) is 0 Å². The molecule has 0 radical (unpaired) electrons.